The van der Waals surface area contributed by atoms with E-state index in [1.807, 2.05) is 35.2 Å². The minimum atomic E-state index is 0.180. The van der Waals surface area contributed by atoms with Crippen molar-refractivity contribution >= 4 is 5.91 Å². The summed E-state index contributed by atoms with van der Waals surface area (Å²) in [6.07, 6.45) is 0.444. The number of rotatable bonds is 4. The molecule has 1 atom stereocenters. The molecule has 0 spiro atoms. The quantitative estimate of drug-likeness (QED) is 0.872. The van der Waals surface area contributed by atoms with Gasteiger partial charge in [0, 0.05) is 25.7 Å². The SMILES string of the molecule is CC1CNCCN1C(=O)CCOc1ccccc1. The van der Waals surface area contributed by atoms with Gasteiger partial charge in [-0.25, -0.2) is 0 Å². The molecule has 1 N–H and O–H groups in total. The third-order valence-electron chi connectivity index (χ3n) is 3.15. The Labute approximate surface area is 108 Å². The van der Waals surface area contributed by atoms with Crippen LogP contribution in [0, 0.1) is 0 Å². The summed E-state index contributed by atoms with van der Waals surface area (Å²) in [5.74, 6) is 0.999. The van der Waals surface area contributed by atoms with E-state index in [1.165, 1.54) is 0 Å². The Hall–Kier alpha value is -1.55. The van der Waals surface area contributed by atoms with E-state index in [9.17, 15) is 4.79 Å². The maximum Gasteiger partial charge on any atom is 0.226 e. The van der Waals surface area contributed by atoms with Crippen molar-refractivity contribution in [3.8, 4) is 5.75 Å². The van der Waals surface area contributed by atoms with Crippen LogP contribution in [0.3, 0.4) is 0 Å². The molecular weight excluding hydrogens is 228 g/mol. The minimum absolute atomic E-state index is 0.180. The average molecular weight is 248 g/mol. The van der Waals surface area contributed by atoms with Crippen molar-refractivity contribution in [3.05, 3.63) is 30.3 Å². The third-order valence-corrected chi connectivity index (χ3v) is 3.15. The molecule has 4 nitrogen and oxygen atoms in total. The van der Waals surface area contributed by atoms with Gasteiger partial charge in [-0.15, -0.1) is 0 Å². The molecule has 1 aliphatic rings. The molecule has 0 saturated carbocycles. The van der Waals surface area contributed by atoms with Gasteiger partial charge in [-0.1, -0.05) is 18.2 Å². The van der Waals surface area contributed by atoms with Crippen molar-refractivity contribution in [3.63, 3.8) is 0 Å². The summed E-state index contributed by atoms with van der Waals surface area (Å²) in [6, 6.07) is 9.88. The van der Waals surface area contributed by atoms with Crippen LogP contribution in [-0.2, 0) is 4.79 Å². The fourth-order valence-electron chi connectivity index (χ4n) is 2.13. The van der Waals surface area contributed by atoms with Crippen molar-refractivity contribution in [2.45, 2.75) is 19.4 Å². The molecule has 1 heterocycles. The lowest BCUT2D eigenvalue weighted by Gasteiger charge is -2.34. The van der Waals surface area contributed by atoms with Gasteiger partial charge in [-0.3, -0.25) is 4.79 Å². The molecule has 1 amide bonds. The van der Waals surface area contributed by atoms with Crippen LogP contribution >= 0.6 is 0 Å². The molecule has 0 radical (unpaired) electrons. The van der Waals surface area contributed by atoms with Gasteiger partial charge < -0.3 is 15.0 Å². The second-order valence-corrected chi connectivity index (χ2v) is 4.55. The van der Waals surface area contributed by atoms with E-state index < -0.39 is 0 Å². The number of hydrogen-bond acceptors (Lipinski definition) is 3. The van der Waals surface area contributed by atoms with Crippen LogP contribution in [0.5, 0.6) is 5.75 Å². The van der Waals surface area contributed by atoms with E-state index in [2.05, 4.69) is 12.2 Å². The van der Waals surface area contributed by atoms with Crippen molar-refractivity contribution in [1.82, 2.24) is 10.2 Å². The summed E-state index contributed by atoms with van der Waals surface area (Å²) in [4.78, 5) is 14.0. The molecular formula is C14H20N2O2. The van der Waals surface area contributed by atoms with Crippen LogP contribution < -0.4 is 10.1 Å². The first-order valence-electron chi connectivity index (χ1n) is 6.45. The molecule has 0 aromatic heterocycles. The summed E-state index contributed by atoms with van der Waals surface area (Å²) < 4.78 is 5.54. The van der Waals surface area contributed by atoms with Gasteiger partial charge in [-0.2, -0.15) is 0 Å². The number of nitrogens with zero attached hydrogens (tertiary/aromatic N) is 1. The summed E-state index contributed by atoms with van der Waals surface area (Å²) in [7, 11) is 0. The number of ether oxygens (including phenoxy) is 1. The van der Waals surface area contributed by atoms with Crippen LogP contribution in [0.1, 0.15) is 13.3 Å². The number of amides is 1. The van der Waals surface area contributed by atoms with Gasteiger partial charge in [0.2, 0.25) is 5.91 Å². The predicted octanol–water partition coefficient (Wildman–Crippen LogP) is 1.28. The fraction of sp³-hybridized carbons (Fsp3) is 0.500. The standard InChI is InChI=1S/C14H20N2O2/c1-12-11-15-8-9-16(12)14(17)7-10-18-13-5-3-2-4-6-13/h2-6,12,15H,7-11H2,1H3. The lowest BCUT2D eigenvalue weighted by atomic mass is 10.2. The number of hydrogen-bond donors (Lipinski definition) is 1. The zero-order valence-corrected chi connectivity index (χ0v) is 10.8. The van der Waals surface area contributed by atoms with Crippen LogP contribution in [0.25, 0.3) is 0 Å². The van der Waals surface area contributed by atoms with Crippen molar-refractivity contribution in [2.24, 2.45) is 0 Å². The van der Waals surface area contributed by atoms with E-state index in [4.69, 9.17) is 4.74 Å². The molecule has 1 aliphatic heterocycles. The average Bonchev–Trinajstić information content (AvgIpc) is 2.40. The summed E-state index contributed by atoms with van der Waals surface area (Å²) >= 11 is 0. The van der Waals surface area contributed by atoms with Crippen LogP contribution in [-0.4, -0.2) is 43.1 Å². The molecule has 1 unspecified atom stereocenters. The van der Waals surface area contributed by atoms with Crippen LogP contribution in [0.2, 0.25) is 0 Å². The number of para-hydroxylation sites is 1. The van der Waals surface area contributed by atoms with E-state index in [0.717, 1.165) is 25.4 Å². The Morgan fingerprint density at radius 3 is 2.94 bits per heavy atom. The second kappa shape index (κ2) is 6.40. The molecule has 0 bridgehead atoms. The Bertz CT molecular complexity index is 381. The Morgan fingerprint density at radius 1 is 1.44 bits per heavy atom. The number of piperazine rings is 1. The van der Waals surface area contributed by atoms with Gasteiger partial charge in [0.15, 0.2) is 0 Å². The molecule has 18 heavy (non-hydrogen) atoms. The Kier molecular flexibility index (Phi) is 4.59. The van der Waals surface area contributed by atoms with Crippen molar-refractivity contribution in [1.29, 1.82) is 0 Å². The minimum Gasteiger partial charge on any atom is -0.493 e. The highest BCUT2D eigenvalue weighted by molar-refractivity contribution is 5.76. The van der Waals surface area contributed by atoms with E-state index in [1.54, 1.807) is 0 Å². The van der Waals surface area contributed by atoms with E-state index >= 15 is 0 Å². The first-order valence-corrected chi connectivity index (χ1v) is 6.45. The fourth-order valence-corrected chi connectivity index (χ4v) is 2.13. The Morgan fingerprint density at radius 2 is 2.22 bits per heavy atom. The normalized spacial score (nSPS) is 19.6. The van der Waals surface area contributed by atoms with Gasteiger partial charge in [0.1, 0.15) is 5.75 Å². The van der Waals surface area contributed by atoms with E-state index in [-0.39, 0.29) is 11.9 Å². The summed E-state index contributed by atoms with van der Waals surface area (Å²) in [6.45, 7) is 5.08. The highest BCUT2D eigenvalue weighted by atomic mass is 16.5. The molecule has 1 fully saturated rings. The zero-order chi connectivity index (χ0) is 12.8. The predicted molar refractivity (Wildman–Crippen MR) is 70.6 cm³/mol. The van der Waals surface area contributed by atoms with Crippen LogP contribution in [0.15, 0.2) is 30.3 Å². The molecule has 98 valence electrons. The molecule has 2 rings (SSSR count). The molecule has 1 aromatic carbocycles. The number of nitrogens with one attached hydrogen (secondary N) is 1. The lowest BCUT2D eigenvalue weighted by molar-refractivity contribution is -0.134. The molecule has 4 heteroatoms. The zero-order valence-electron chi connectivity index (χ0n) is 10.8. The van der Waals surface area contributed by atoms with E-state index in [0.29, 0.717) is 13.0 Å². The maximum atomic E-state index is 12.0. The van der Waals surface area contributed by atoms with Gasteiger partial charge in [-0.05, 0) is 19.1 Å². The van der Waals surface area contributed by atoms with Gasteiger partial charge in [0.25, 0.3) is 0 Å². The first-order chi connectivity index (χ1) is 8.77. The maximum absolute atomic E-state index is 12.0. The second-order valence-electron chi connectivity index (χ2n) is 4.55. The van der Waals surface area contributed by atoms with Crippen molar-refractivity contribution < 1.29 is 9.53 Å². The lowest BCUT2D eigenvalue weighted by Crippen LogP contribution is -2.52. The summed E-state index contributed by atoms with van der Waals surface area (Å²) in [5, 5.41) is 3.28. The Balaban J connectivity index is 1.74. The number of carbonyl (C=O) groups excluding carboxylic acids is 1. The molecule has 0 aliphatic carbocycles. The molecule has 1 aromatic rings. The first kappa shape index (κ1) is 12.9. The van der Waals surface area contributed by atoms with Crippen molar-refractivity contribution in [2.75, 3.05) is 26.2 Å². The monoisotopic (exact) mass is 248 g/mol. The highest BCUT2D eigenvalue weighted by Crippen LogP contribution is 2.10. The molecule has 1 saturated heterocycles. The van der Waals surface area contributed by atoms with Gasteiger partial charge in [0.05, 0.1) is 13.0 Å². The highest BCUT2D eigenvalue weighted by Gasteiger charge is 2.22. The number of carbonyl (C=O) groups is 1. The number of benzene rings is 1. The topological polar surface area (TPSA) is 41.6 Å². The summed E-state index contributed by atoms with van der Waals surface area (Å²) in [5.41, 5.74) is 0. The third kappa shape index (κ3) is 3.47. The van der Waals surface area contributed by atoms with Crippen LogP contribution in [0.4, 0.5) is 0 Å². The smallest absolute Gasteiger partial charge is 0.226 e. The largest absolute Gasteiger partial charge is 0.493 e. The van der Waals surface area contributed by atoms with Gasteiger partial charge >= 0.3 is 0 Å².